The van der Waals surface area contributed by atoms with Gasteiger partial charge in [0.1, 0.15) is 12.3 Å². The molecule has 0 saturated heterocycles. The van der Waals surface area contributed by atoms with E-state index in [1.807, 2.05) is 6.92 Å². The molecule has 0 aromatic heterocycles. The number of hydrogen-bond acceptors (Lipinski definition) is 3. The highest BCUT2D eigenvalue weighted by molar-refractivity contribution is 5.92. The minimum absolute atomic E-state index is 0.204. The number of aliphatic carboxylic acids is 1. The van der Waals surface area contributed by atoms with Crippen molar-refractivity contribution in [1.82, 2.24) is 4.90 Å². The van der Waals surface area contributed by atoms with Crippen molar-refractivity contribution >= 4 is 17.7 Å². The zero-order chi connectivity index (χ0) is 15.3. The summed E-state index contributed by atoms with van der Waals surface area (Å²) in [6.45, 7) is 5.04. The molecule has 0 bridgehead atoms. The Morgan fingerprint density at radius 3 is 2.50 bits per heavy atom. The number of aryl methyl sites for hydroxylation is 1. The van der Waals surface area contributed by atoms with E-state index in [1.165, 1.54) is 4.90 Å². The first-order valence-corrected chi connectivity index (χ1v) is 6.29. The lowest BCUT2D eigenvalue weighted by molar-refractivity contribution is -0.137. The molecule has 0 fully saturated rings. The third kappa shape index (κ3) is 4.15. The lowest BCUT2D eigenvalue weighted by atomic mass is 10.2. The second-order valence-corrected chi connectivity index (χ2v) is 4.73. The molecule has 110 valence electrons. The van der Waals surface area contributed by atoms with Gasteiger partial charge in [-0.05, 0) is 44.5 Å². The predicted molar refractivity (Wildman–Crippen MR) is 76.2 cm³/mol. The molecule has 0 spiro atoms. The Labute approximate surface area is 118 Å². The number of anilines is 1. The van der Waals surface area contributed by atoms with E-state index < -0.39 is 12.0 Å². The van der Waals surface area contributed by atoms with Gasteiger partial charge in [-0.3, -0.25) is 4.79 Å². The zero-order valence-corrected chi connectivity index (χ0v) is 12.1. The van der Waals surface area contributed by atoms with Gasteiger partial charge in [-0.25, -0.2) is 4.79 Å². The molecule has 1 aromatic carbocycles. The minimum Gasteiger partial charge on any atom is -0.497 e. The number of amides is 2. The SMILES string of the molecule is COc1ccc(NC(=O)N(CC(=O)O)C(C)C)c(C)c1. The van der Waals surface area contributed by atoms with Crippen molar-refractivity contribution in [2.24, 2.45) is 0 Å². The van der Waals surface area contributed by atoms with Gasteiger partial charge in [0.25, 0.3) is 0 Å². The van der Waals surface area contributed by atoms with Crippen LogP contribution in [0.2, 0.25) is 0 Å². The number of nitrogens with one attached hydrogen (secondary N) is 1. The van der Waals surface area contributed by atoms with Gasteiger partial charge in [-0.15, -0.1) is 0 Å². The van der Waals surface area contributed by atoms with Gasteiger partial charge >= 0.3 is 12.0 Å². The monoisotopic (exact) mass is 280 g/mol. The number of methoxy groups -OCH3 is 1. The Morgan fingerprint density at radius 1 is 1.40 bits per heavy atom. The maximum absolute atomic E-state index is 12.1. The second-order valence-electron chi connectivity index (χ2n) is 4.73. The highest BCUT2D eigenvalue weighted by Crippen LogP contribution is 2.21. The number of hydrogen-bond donors (Lipinski definition) is 2. The van der Waals surface area contributed by atoms with E-state index in [-0.39, 0.29) is 12.6 Å². The van der Waals surface area contributed by atoms with E-state index >= 15 is 0 Å². The Hall–Kier alpha value is -2.24. The minimum atomic E-state index is -1.04. The summed E-state index contributed by atoms with van der Waals surface area (Å²) in [5, 5.41) is 11.5. The first-order valence-electron chi connectivity index (χ1n) is 6.29. The molecule has 1 aromatic rings. The van der Waals surface area contributed by atoms with Crippen LogP contribution in [-0.2, 0) is 4.79 Å². The number of carbonyl (C=O) groups is 2. The number of urea groups is 1. The topological polar surface area (TPSA) is 78.9 Å². The summed E-state index contributed by atoms with van der Waals surface area (Å²) in [5.41, 5.74) is 1.48. The third-order valence-electron chi connectivity index (χ3n) is 2.86. The van der Waals surface area contributed by atoms with Crippen molar-refractivity contribution in [2.75, 3.05) is 19.0 Å². The van der Waals surface area contributed by atoms with Crippen molar-refractivity contribution in [3.8, 4) is 5.75 Å². The fraction of sp³-hybridized carbons (Fsp3) is 0.429. The molecule has 20 heavy (non-hydrogen) atoms. The molecule has 2 N–H and O–H groups in total. The van der Waals surface area contributed by atoms with E-state index in [9.17, 15) is 9.59 Å². The number of carboxylic acid groups (broad SMARTS) is 1. The van der Waals surface area contributed by atoms with Crippen molar-refractivity contribution in [2.45, 2.75) is 26.8 Å². The molecule has 0 aliphatic heterocycles. The van der Waals surface area contributed by atoms with Crippen LogP contribution in [0.3, 0.4) is 0 Å². The first kappa shape index (κ1) is 15.8. The van der Waals surface area contributed by atoms with Crippen LogP contribution in [0.25, 0.3) is 0 Å². The number of ether oxygens (including phenoxy) is 1. The average Bonchev–Trinajstić information content (AvgIpc) is 2.37. The average molecular weight is 280 g/mol. The number of rotatable bonds is 5. The van der Waals surface area contributed by atoms with Crippen molar-refractivity contribution in [3.05, 3.63) is 23.8 Å². The van der Waals surface area contributed by atoms with Crippen molar-refractivity contribution in [3.63, 3.8) is 0 Å². The maximum atomic E-state index is 12.1. The van der Waals surface area contributed by atoms with Gasteiger partial charge in [0.15, 0.2) is 0 Å². The highest BCUT2D eigenvalue weighted by atomic mass is 16.5. The number of carboxylic acids is 1. The van der Waals surface area contributed by atoms with E-state index in [0.29, 0.717) is 11.4 Å². The first-order chi connectivity index (χ1) is 9.35. The quantitative estimate of drug-likeness (QED) is 0.867. The zero-order valence-electron chi connectivity index (χ0n) is 12.1. The summed E-state index contributed by atoms with van der Waals surface area (Å²) in [7, 11) is 1.57. The molecular weight excluding hydrogens is 260 g/mol. The van der Waals surface area contributed by atoms with Gasteiger partial charge in [0.2, 0.25) is 0 Å². The standard InChI is InChI=1S/C14H20N2O4/c1-9(2)16(8-13(17)18)14(19)15-12-6-5-11(20-4)7-10(12)3/h5-7,9H,8H2,1-4H3,(H,15,19)(H,17,18). The lowest BCUT2D eigenvalue weighted by Gasteiger charge is -2.25. The molecule has 0 unspecified atom stereocenters. The van der Waals surface area contributed by atoms with Gasteiger partial charge in [0, 0.05) is 11.7 Å². The van der Waals surface area contributed by atoms with E-state index in [4.69, 9.17) is 9.84 Å². The predicted octanol–water partition coefficient (Wildman–Crippen LogP) is 2.33. The van der Waals surface area contributed by atoms with Crippen molar-refractivity contribution in [1.29, 1.82) is 0 Å². The Balaban J connectivity index is 2.85. The molecule has 0 radical (unpaired) electrons. The number of carbonyl (C=O) groups excluding carboxylic acids is 1. The summed E-state index contributed by atoms with van der Waals surface area (Å²) < 4.78 is 5.09. The van der Waals surface area contributed by atoms with Crippen LogP contribution in [0.15, 0.2) is 18.2 Å². The number of nitrogens with zero attached hydrogens (tertiary/aromatic N) is 1. The summed E-state index contributed by atoms with van der Waals surface area (Å²) >= 11 is 0. The largest absolute Gasteiger partial charge is 0.497 e. The molecular formula is C14H20N2O4. The summed E-state index contributed by atoms with van der Waals surface area (Å²) in [6, 6.07) is 4.62. The van der Waals surface area contributed by atoms with E-state index in [1.54, 1.807) is 39.2 Å². The maximum Gasteiger partial charge on any atom is 0.323 e. The van der Waals surface area contributed by atoms with Crippen LogP contribution in [0.5, 0.6) is 5.75 Å². The number of benzene rings is 1. The lowest BCUT2D eigenvalue weighted by Crippen LogP contribution is -2.43. The van der Waals surface area contributed by atoms with Gasteiger partial charge in [-0.2, -0.15) is 0 Å². The van der Waals surface area contributed by atoms with Crippen LogP contribution in [0.4, 0.5) is 10.5 Å². The van der Waals surface area contributed by atoms with Crippen LogP contribution in [-0.4, -0.2) is 41.7 Å². The Morgan fingerprint density at radius 2 is 2.05 bits per heavy atom. The van der Waals surface area contributed by atoms with Crippen LogP contribution in [0.1, 0.15) is 19.4 Å². The fourth-order valence-electron chi connectivity index (χ4n) is 1.72. The molecule has 0 saturated carbocycles. The van der Waals surface area contributed by atoms with Gasteiger partial charge in [0.05, 0.1) is 7.11 Å². The second kappa shape index (κ2) is 6.79. The smallest absolute Gasteiger partial charge is 0.323 e. The molecule has 2 amide bonds. The summed E-state index contributed by atoms with van der Waals surface area (Å²) in [4.78, 5) is 24.2. The molecule has 0 atom stereocenters. The van der Waals surface area contributed by atoms with Crippen LogP contribution in [0, 0.1) is 6.92 Å². The fourth-order valence-corrected chi connectivity index (χ4v) is 1.72. The molecule has 0 heterocycles. The van der Waals surface area contributed by atoms with E-state index in [0.717, 1.165) is 5.56 Å². The van der Waals surface area contributed by atoms with Crippen LogP contribution < -0.4 is 10.1 Å². The van der Waals surface area contributed by atoms with Crippen LogP contribution >= 0.6 is 0 Å². The molecule has 1 rings (SSSR count). The molecule has 6 heteroatoms. The molecule has 0 aliphatic rings. The Bertz CT molecular complexity index is 500. The van der Waals surface area contributed by atoms with Gasteiger partial charge in [-0.1, -0.05) is 0 Å². The summed E-state index contributed by atoms with van der Waals surface area (Å²) in [5.74, 6) is -0.341. The highest BCUT2D eigenvalue weighted by Gasteiger charge is 2.20. The molecule has 0 aliphatic carbocycles. The third-order valence-corrected chi connectivity index (χ3v) is 2.86. The van der Waals surface area contributed by atoms with E-state index in [2.05, 4.69) is 5.32 Å². The van der Waals surface area contributed by atoms with Crippen molar-refractivity contribution < 1.29 is 19.4 Å². The Kier molecular flexibility index (Phi) is 5.37. The normalized spacial score (nSPS) is 10.2. The molecule has 6 nitrogen and oxygen atoms in total. The summed E-state index contributed by atoms with van der Waals surface area (Å²) in [6.07, 6.45) is 0. The van der Waals surface area contributed by atoms with Gasteiger partial charge < -0.3 is 20.1 Å².